The normalized spacial score (nSPS) is 8.56. The van der Waals surface area contributed by atoms with E-state index in [0.717, 1.165) is 0 Å². The van der Waals surface area contributed by atoms with Gasteiger partial charge in [-0.05, 0) is 13.0 Å². The molecule has 3 heteroatoms. The maximum Gasteiger partial charge on any atom is 0.313 e. The zero-order valence-corrected chi connectivity index (χ0v) is 5.39. The number of hydrogen-bond acceptors (Lipinski definition) is 3. The molecule has 0 amide bonds. The SMILES string of the molecule is C=C(O)OC(=O)CCC. The summed E-state index contributed by atoms with van der Waals surface area (Å²) in [6.07, 6.45) is 1.03. The molecule has 0 aromatic carbocycles. The number of esters is 1. The van der Waals surface area contributed by atoms with E-state index in [1.165, 1.54) is 0 Å². The Morgan fingerprint density at radius 2 is 2.33 bits per heavy atom. The standard InChI is InChI=1S/C6H10O3/c1-3-4-6(8)9-5(2)7/h7H,2-4H2,1H3. The van der Waals surface area contributed by atoms with Crippen molar-refractivity contribution in [3.05, 3.63) is 12.5 Å². The smallest absolute Gasteiger partial charge is 0.313 e. The third kappa shape index (κ3) is 4.87. The van der Waals surface area contributed by atoms with Gasteiger partial charge in [0, 0.05) is 6.42 Å². The van der Waals surface area contributed by atoms with E-state index in [9.17, 15) is 4.79 Å². The van der Waals surface area contributed by atoms with Gasteiger partial charge in [-0.15, -0.1) is 0 Å². The first-order valence-corrected chi connectivity index (χ1v) is 2.75. The molecule has 0 aromatic heterocycles. The second-order valence-electron chi connectivity index (χ2n) is 1.62. The van der Waals surface area contributed by atoms with Gasteiger partial charge in [-0.3, -0.25) is 4.79 Å². The summed E-state index contributed by atoms with van der Waals surface area (Å²) >= 11 is 0. The molecule has 0 aliphatic carbocycles. The van der Waals surface area contributed by atoms with E-state index in [-0.39, 0.29) is 0 Å². The quantitative estimate of drug-likeness (QED) is 0.463. The number of aliphatic hydroxyl groups excluding tert-OH is 1. The number of ether oxygens (including phenoxy) is 1. The summed E-state index contributed by atoms with van der Waals surface area (Å²) in [5.74, 6) is -0.974. The molecule has 0 spiro atoms. The van der Waals surface area contributed by atoms with Gasteiger partial charge in [0.25, 0.3) is 5.95 Å². The lowest BCUT2D eigenvalue weighted by Gasteiger charge is -1.97. The molecule has 9 heavy (non-hydrogen) atoms. The second kappa shape index (κ2) is 3.95. The Morgan fingerprint density at radius 3 is 2.67 bits per heavy atom. The Bertz CT molecular complexity index is 117. The minimum absolute atomic E-state index is 0.319. The Hall–Kier alpha value is -0.990. The van der Waals surface area contributed by atoms with E-state index in [4.69, 9.17) is 5.11 Å². The molecule has 0 atom stereocenters. The maximum absolute atomic E-state index is 10.4. The molecule has 0 rings (SSSR count). The molecule has 1 N–H and O–H groups in total. The molecular formula is C6H10O3. The van der Waals surface area contributed by atoms with Crippen LogP contribution in [-0.4, -0.2) is 11.1 Å². The molecule has 0 fully saturated rings. The summed E-state index contributed by atoms with van der Waals surface area (Å²) in [5.41, 5.74) is 0. The monoisotopic (exact) mass is 130 g/mol. The van der Waals surface area contributed by atoms with Gasteiger partial charge >= 0.3 is 5.97 Å². The Morgan fingerprint density at radius 1 is 1.78 bits per heavy atom. The van der Waals surface area contributed by atoms with Crippen LogP contribution in [-0.2, 0) is 9.53 Å². The lowest BCUT2D eigenvalue weighted by atomic mass is 10.3. The van der Waals surface area contributed by atoms with Crippen molar-refractivity contribution in [1.82, 2.24) is 0 Å². The Balaban J connectivity index is 3.39. The van der Waals surface area contributed by atoms with Crippen molar-refractivity contribution >= 4 is 5.97 Å². The largest absolute Gasteiger partial charge is 0.481 e. The summed E-state index contributed by atoms with van der Waals surface area (Å²) in [4.78, 5) is 10.4. The molecule has 0 saturated carbocycles. The van der Waals surface area contributed by atoms with Crippen molar-refractivity contribution < 1.29 is 14.6 Å². The number of carbonyl (C=O) groups is 1. The van der Waals surface area contributed by atoms with E-state index in [0.29, 0.717) is 12.8 Å². The van der Waals surface area contributed by atoms with Gasteiger partial charge in [0.15, 0.2) is 0 Å². The molecular weight excluding hydrogens is 120 g/mol. The first-order valence-electron chi connectivity index (χ1n) is 2.75. The fraction of sp³-hybridized carbons (Fsp3) is 0.500. The van der Waals surface area contributed by atoms with Gasteiger partial charge in [0.1, 0.15) is 0 Å². The maximum atomic E-state index is 10.4. The molecule has 0 radical (unpaired) electrons. The van der Waals surface area contributed by atoms with Crippen molar-refractivity contribution in [2.45, 2.75) is 19.8 Å². The van der Waals surface area contributed by atoms with E-state index in [1.54, 1.807) is 0 Å². The van der Waals surface area contributed by atoms with E-state index >= 15 is 0 Å². The zero-order valence-electron chi connectivity index (χ0n) is 5.39. The average molecular weight is 130 g/mol. The van der Waals surface area contributed by atoms with Crippen LogP contribution >= 0.6 is 0 Å². The molecule has 0 aliphatic heterocycles. The van der Waals surface area contributed by atoms with Gasteiger partial charge in [-0.25, -0.2) is 0 Å². The van der Waals surface area contributed by atoms with E-state index in [1.807, 2.05) is 6.92 Å². The van der Waals surface area contributed by atoms with Crippen LogP contribution in [0, 0.1) is 0 Å². The van der Waals surface area contributed by atoms with Crippen LogP contribution in [0.25, 0.3) is 0 Å². The summed E-state index contributed by atoms with van der Waals surface area (Å²) < 4.78 is 4.21. The molecule has 52 valence electrons. The lowest BCUT2D eigenvalue weighted by molar-refractivity contribution is -0.143. The molecule has 0 aromatic rings. The van der Waals surface area contributed by atoms with Crippen molar-refractivity contribution in [3.63, 3.8) is 0 Å². The molecule has 3 nitrogen and oxygen atoms in total. The summed E-state index contributed by atoms with van der Waals surface area (Å²) in [5, 5.41) is 8.31. The van der Waals surface area contributed by atoms with Crippen LogP contribution in [0.1, 0.15) is 19.8 Å². The van der Waals surface area contributed by atoms with Crippen molar-refractivity contribution in [3.8, 4) is 0 Å². The van der Waals surface area contributed by atoms with Gasteiger partial charge < -0.3 is 9.84 Å². The Labute approximate surface area is 53.9 Å². The number of rotatable bonds is 3. The third-order valence-corrected chi connectivity index (χ3v) is 0.686. The minimum Gasteiger partial charge on any atom is -0.481 e. The summed E-state index contributed by atoms with van der Waals surface area (Å²) in [6, 6.07) is 0. The first-order chi connectivity index (χ1) is 4.16. The number of aliphatic hydroxyl groups is 1. The van der Waals surface area contributed by atoms with Crippen molar-refractivity contribution in [2.24, 2.45) is 0 Å². The predicted molar refractivity (Wildman–Crippen MR) is 32.8 cm³/mol. The van der Waals surface area contributed by atoms with Crippen LogP contribution in [0.2, 0.25) is 0 Å². The highest BCUT2D eigenvalue weighted by atomic mass is 16.6. The van der Waals surface area contributed by atoms with Gasteiger partial charge in [0.05, 0.1) is 0 Å². The lowest BCUT2D eigenvalue weighted by Crippen LogP contribution is -2.01. The fourth-order valence-electron chi connectivity index (χ4n) is 0.387. The van der Waals surface area contributed by atoms with Crippen LogP contribution in [0.15, 0.2) is 12.5 Å². The molecule has 0 heterocycles. The highest BCUT2D eigenvalue weighted by Crippen LogP contribution is 1.94. The van der Waals surface area contributed by atoms with Crippen LogP contribution in [0.5, 0.6) is 0 Å². The number of carbonyl (C=O) groups excluding carboxylic acids is 1. The molecule has 0 aliphatic rings. The van der Waals surface area contributed by atoms with Crippen molar-refractivity contribution in [1.29, 1.82) is 0 Å². The van der Waals surface area contributed by atoms with Gasteiger partial charge in [0.2, 0.25) is 0 Å². The minimum atomic E-state index is -0.534. The molecule has 0 bridgehead atoms. The summed E-state index contributed by atoms with van der Waals surface area (Å²) in [6.45, 7) is 4.84. The first kappa shape index (κ1) is 8.01. The van der Waals surface area contributed by atoms with E-state index < -0.39 is 11.9 Å². The number of hydrogen-bond donors (Lipinski definition) is 1. The van der Waals surface area contributed by atoms with Gasteiger partial charge in [-0.1, -0.05) is 6.92 Å². The molecule has 0 unspecified atom stereocenters. The topological polar surface area (TPSA) is 46.5 Å². The zero-order chi connectivity index (χ0) is 7.28. The van der Waals surface area contributed by atoms with Crippen LogP contribution in [0.4, 0.5) is 0 Å². The predicted octanol–water partition coefficient (Wildman–Crippen LogP) is 1.36. The fourth-order valence-corrected chi connectivity index (χ4v) is 0.387. The van der Waals surface area contributed by atoms with Gasteiger partial charge in [-0.2, -0.15) is 0 Å². The van der Waals surface area contributed by atoms with E-state index in [2.05, 4.69) is 11.3 Å². The highest BCUT2D eigenvalue weighted by molar-refractivity contribution is 5.70. The third-order valence-electron chi connectivity index (χ3n) is 0.686. The summed E-state index contributed by atoms with van der Waals surface area (Å²) in [7, 11) is 0. The second-order valence-corrected chi connectivity index (χ2v) is 1.62. The average Bonchev–Trinajstić information content (AvgIpc) is 1.63. The van der Waals surface area contributed by atoms with Crippen molar-refractivity contribution in [2.75, 3.05) is 0 Å². The Kier molecular flexibility index (Phi) is 3.51. The molecule has 0 saturated heterocycles. The van der Waals surface area contributed by atoms with Crippen LogP contribution in [0.3, 0.4) is 0 Å². The highest BCUT2D eigenvalue weighted by Gasteiger charge is 2.00. The van der Waals surface area contributed by atoms with Crippen LogP contribution < -0.4 is 0 Å².